The zero-order valence-corrected chi connectivity index (χ0v) is 15.1. The second kappa shape index (κ2) is 6.48. The summed E-state index contributed by atoms with van der Waals surface area (Å²) in [5.41, 5.74) is 1.76. The summed E-state index contributed by atoms with van der Waals surface area (Å²) in [6.45, 7) is 0. The molecule has 28 heavy (non-hydrogen) atoms. The van der Waals surface area contributed by atoms with Gasteiger partial charge in [-0.05, 0) is 49.1 Å². The van der Waals surface area contributed by atoms with Crippen LogP contribution in [0.2, 0.25) is 0 Å². The number of anilines is 2. The van der Waals surface area contributed by atoms with Gasteiger partial charge in [-0.1, -0.05) is 24.3 Å². The second-order valence-corrected chi connectivity index (χ2v) is 7.81. The van der Waals surface area contributed by atoms with Gasteiger partial charge in [-0.3, -0.25) is 14.4 Å². The molecule has 5 atom stereocenters. The molecule has 6 heteroatoms. The maximum absolute atomic E-state index is 12.9. The molecule has 2 aliphatic carbocycles. The molecule has 2 N–H and O–H groups in total. The van der Waals surface area contributed by atoms with Crippen LogP contribution in [0.1, 0.15) is 23.2 Å². The number of benzene rings is 2. The molecule has 2 saturated carbocycles. The third-order valence-corrected chi connectivity index (χ3v) is 6.21. The van der Waals surface area contributed by atoms with Gasteiger partial charge in [0.05, 0.1) is 11.8 Å². The van der Waals surface area contributed by atoms with Crippen molar-refractivity contribution in [3.8, 4) is 0 Å². The Labute approximate surface area is 162 Å². The van der Waals surface area contributed by atoms with Crippen LogP contribution in [0.4, 0.5) is 11.4 Å². The van der Waals surface area contributed by atoms with Crippen LogP contribution in [0.25, 0.3) is 0 Å². The molecule has 0 spiro atoms. The Kier molecular flexibility index (Phi) is 3.93. The van der Waals surface area contributed by atoms with E-state index in [1.165, 1.54) is 0 Å². The fraction of sp³-hybridized carbons (Fsp3) is 0.318. The van der Waals surface area contributed by atoms with Gasteiger partial charge in [-0.25, -0.2) is 0 Å². The molecule has 1 aliphatic heterocycles. The third-order valence-electron chi connectivity index (χ3n) is 6.21. The molecule has 142 valence electrons. The summed E-state index contributed by atoms with van der Waals surface area (Å²) in [5, 5.41) is 5.77. The minimum atomic E-state index is -0.321. The molecular weight excluding hydrogens is 356 g/mol. The van der Waals surface area contributed by atoms with Crippen LogP contribution in [0.5, 0.6) is 0 Å². The quantitative estimate of drug-likeness (QED) is 0.803. The van der Waals surface area contributed by atoms with E-state index in [-0.39, 0.29) is 47.6 Å². The predicted octanol–water partition coefficient (Wildman–Crippen LogP) is 3.08. The summed E-state index contributed by atoms with van der Waals surface area (Å²) < 4.78 is 5.41. The molecule has 2 aromatic rings. The topological polar surface area (TPSA) is 84.5 Å². The van der Waals surface area contributed by atoms with Crippen molar-refractivity contribution < 1.29 is 19.1 Å². The van der Waals surface area contributed by atoms with E-state index in [0.29, 0.717) is 16.9 Å². The predicted molar refractivity (Wildman–Crippen MR) is 103 cm³/mol. The van der Waals surface area contributed by atoms with Crippen molar-refractivity contribution in [2.24, 2.45) is 23.7 Å². The van der Waals surface area contributed by atoms with Crippen molar-refractivity contribution in [2.45, 2.75) is 18.9 Å². The Morgan fingerprint density at radius 1 is 0.929 bits per heavy atom. The van der Waals surface area contributed by atoms with E-state index in [0.717, 1.165) is 12.8 Å². The van der Waals surface area contributed by atoms with E-state index >= 15 is 0 Å². The number of carbonyl (C=O) groups is 3. The Bertz CT molecular complexity index is 956. The van der Waals surface area contributed by atoms with Crippen molar-refractivity contribution in [3.05, 3.63) is 60.2 Å². The summed E-state index contributed by atoms with van der Waals surface area (Å²) in [5.74, 6) is -0.780. The Hall–Kier alpha value is -3.15. The van der Waals surface area contributed by atoms with E-state index in [2.05, 4.69) is 10.6 Å². The molecular formula is C22H20N2O4. The van der Waals surface area contributed by atoms with E-state index in [4.69, 9.17) is 4.74 Å². The maximum Gasteiger partial charge on any atom is 0.310 e. The van der Waals surface area contributed by atoms with E-state index in [1.54, 1.807) is 48.5 Å². The molecule has 0 radical (unpaired) electrons. The SMILES string of the molecule is O=C(Nc1cccc(NC(=O)[C@@H]2[C@@H]3C[C@@H]4[C@H]2C(=O)O[C@@H]4C3)c1)c1ccccc1. The Morgan fingerprint density at radius 3 is 2.46 bits per heavy atom. The summed E-state index contributed by atoms with van der Waals surface area (Å²) in [4.78, 5) is 37.3. The van der Waals surface area contributed by atoms with Gasteiger partial charge in [-0.15, -0.1) is 0 Å². The lowest BCUT2D eigenvalue weighted by molar-refractivity contribution is -0.145. The zero-order valence-electron chi connectivity index (χ0n) is 15.1. The standard InChI is InChI=1S/C22H20N2O4/c25-20(12-5-2-1-3-6-12)23-14-7-4-8-15(11-14)24-21(26)18-13-9-16-17(10-13)28-22(27)19(16)18/h1-8,11,13,16-19H,9-10H2,(H,23,25)(H,24,26)/t13-,16+,17-,18-,19-/m1/s1. The van der Waals surface area contributed by atoms with Gasteiger partial charge < -0.3 is 15.4 Å². The van der Waals surface area contributed by atoms with Gasteiger partial charge >= 0.3 is 5.97 Å². The minimum absolute atomic E-state index is 0.0167. The van der Waals surface area contributed by atoms with Gasteiger partial charge in [0.1, 0.15) is 6.10 Å². The van der Waals surface area contributed by atoms with Crippen LogP contribution in [-0.4, -0.2) is 23.9 Å². The van der Waals surface area contributed by atoms with Crippen LogP contribution in [-0.2, 0) is 14.3 Å². The molecule has 6 nitrogen and oxygen atoms in total. The first kappa shape index (κ1) is 17.0. The lowest BCUT2D eigenvalue weighted by atomic mass is 9.79. The molecule has 5 rings (SSSR count). The average Bonchev–Trinajstić information content (AvgIpc) is 3.31. The maximum atomic E-state index is 12.9. The highest BCUT2D eigenvalue weighted by Gasteiger charge is 2.63. The summed E-state index contributed by atoms with van der Waals surface area (Å²) in [6.07, 6.45) is 1.70. The fourth-order valence-electron chi connectivity index (χ4n) is 5.06. The summed E-state index contributed by atoms with van der Waals surface area (Å²) in [7, 11) is 0. The van der Waals surface area contributed by atoms with Crippen LogP contribution >= 0.6 is 0 Å². The van der Waals surface area contributed by atoms with Gasteiger partial charge in [0, 0.05) is 22.9 Å². The number of hydrogen-bond acceptors (Lipinski definition) is 4. The van der Waals surface area contributed by atoms with Crippen LogP contribution in [0, 0.1) is 23.7 Å². The fourth-order valence-corrected chi connectivity index (χ4v) is 5.06. The highest BCUT2D eigenvalue weighted by atomic mass is 16.6. The van der Waals surface area contributed by atoms with E-state index in [1.807, 2.05) is 6.07 Å². The van der Waals surface area contributed by atoms with Gasteiger partial charge in [0.15, 0.2) is 0 Å². The molecule has 2 aromatic carbocycles. The number of hydrogen-bond donors (Lipinski definition) is 2. The normalized spacial score (nSPS) is 29.4. The van der Waals surface area contributed by atoms with Crippen molar-refractivity contribution in [1.82, 2.24) is 0 Å². The first-order valence-electron chi connectivity index (χ1n) is 9.58. The third kappa shape index (κ3) is 2.76. The van der Waals surface area contributed by atoms with Gasteiger partial charge in [0.25, 0.3) is 5.91 Å². The Balaban J connectivity index is 1.29. The minimum Gasteiger partial charge on any atom is -0.462 e. The lowest BCUT2D eigenvalue weighted by Gasteiger charge is -2.23. The number of carbonyl (C=O) groups excluding carboxylic acids is 3. The second-order valence-electron chi connectivity index (χ2n) is 7.81. The molecule has 0 unspecified atom stereocenters. The first-order chi connectivity index (χ1) is 13.6. The summed E-state index contributed by atoms with van der Waals surface area (Å²) in [6, 6.07) is 16.0. The van der Waals surface area contributed by atoms with Gasteiger partial charge in [-0.2, -0.15) is 0 Å². The first-order valence-corrected chi connectivity index (χ1v) is 9.58. The van der Waals surface area contributed by atoms with Crippen LogP contribution in [0.15, 0.2) is 54.6 Å². The molecule has 0 aromatic heterocycles. The van der Waals surface area contributed by atoms with Crippen molar-refractivity contribution >= 4 is 29.2 Å². The van der Waals surface area contributed by atoms with Crippen molar-refractivity contribution in [1.29, 1.82) is 0 Å². The largest absolute Gasteiger partial charge is 0.462 e. The number of esters is 1. The van der Waals surface area contributed by atoms with Crippen LogP contribution in [0.3, 0.4) is 0 Å². The lowest BCUT2D eigenvalue weighted by Crippen LogP contribution is -2.35. The molecule has 2 amide bonds. The van der Waals surface area contributed by atoms with E-state index < -0.39 is 0 Å². The highest BCUT2D eigenvalue weighted by Crippen LogP contribution is 2.57. The number of ether oxygens (including phenoxy) is 1. The summed E-state index contributed by atoms with van der Waals surface area (Å²) >= 11 is 0. The molecule has 1 saturated heterocycles. The molecule has 3 fully saturated rings. The highest BCUT2D eigenvalue weighted by molar-refractivity contribution is 6.04. The number of amides is 2. The number of nitrogens with one attached hydrogen (secondary N) is 2. The molecule has 2 bridgehead atoms. The zero-order chi connectivity index (χ0) is 19.3. The smallest absolute Gasteiger partial charge is 0.310 e. The van der Waals surface area contributed by atoms with Crippen LogP contribution < -0.4 is 10.6 Å². The molecule has 1 heterocycles. The van der Waals surface area contributed by atoms with Crippen molar-refractivity contribution in [2.75, 3.05) is 10.6 Å². The number of rotatable bonds is 4. The van der Waals surface area contributed by atoms with Crippen molar-refractivity contribution in [3.63, 3.8) is 0 Å². The van der Waals surface area contributed by atoms with E-state index in [9.17, 15) is 14.4 Å². The monoisotopic (exact) mass is 376 g/mol. The molecule has 3 aliphatic rings. The number of fused-ring (bicyclic) bond motifs is 1. The van der Waals surface area contributed by atoms with Gasteiger partial charge in [0.2, 0.25) is 5.91 Å². The average molecular weight is 376 g/mol. The Morgan fingerprint density at radius 2 is 1.68 bits per heavy atom.